The first-order valence-corrected chi connectivity index (χ1v) is 13.8. The number of unbranched alkanes of at least 4 members (excludes halogenated alkanes) is 1. The third-order valence-electron chi connectivity index (χ3n) is 7.81. The summed E-state index contributed by atoms with van der Waals surface area (Å²) in [7, 11) is 1.72. The second-order valence-corrected chi connectivity index (χ2v) is 10.6. The molecule has 0 N–H and O–H groups in total. The first-order valence-electron chi connectivity index (χ1n) is 13.8. The van der Waals surface area contributed by atoms with Gasteiger partial charge in [-0.1, -0.05) is 51.5 Å². The largest absolute Gasteiger partial charge is 1.00 e. The molecule has 4 aromatic rings. The zero-order chi connectivity index (χ0) is 26.2. The van der Waals surface area contributed by atoms with Crippen molar-refractivity contribution in [2.24, 2.45) is 0 Å². The molecule has 0 radical (unpaired) electrons. The number of fused-ring (bicyclic) bond motifs is 5. The molecule has 1 aromatic heterocycles. The number of ether oxygens (including phenoxy) is 4. The first kappa shape index (κ1) is 27.1. The highest BCUT2D eigenvalue weighted by atomic mass is 35.5. The van der Waals surface area contributed by atoms with Crippen LogP contribution < -0.4 is 35.9 Å². The fourth-order valence-electron chi connectivity index (χ4n) is 5.67. The summed E-state index contributed by atoms with van der Waals surface area (Å²) in [5, 5.41) is 2.30. The second kappa shape index (κ2) is 11.4. The molecule has 0 aliphatic carbocycles. The highest BCUT2D eigenvalue weighted by molar-refractivity contribution is 5.95. The van der Waals surface area contributed by atoms with Gasteiger partial charge in [-0.05, 0) is 53.3 Å². The van der Waals surface area contributed by atoms with Crippen LogP contribution >= 0.6 is 0 Å². The van der Waals surface area contributed by atoms with E-state index in [1.54, 1.807) is 7.11 Å². The summed E-state index contributed by atoms with van der Waals surface area (Å²) in [6.07, 6.45) is 6.11. The maximum Gasteiger partial charge on any atom is 0.231 e. The number of rotatable bonds is 8. The molecule has 0 spiro atoms. The average molecular weight is 546 g/mol. The lowest BCUT2D eigenvalue weighted by atomic mass is 9.88. The van der Waals surface area contributed by atoms with Crippen LogP contribution in [0.1, 0.15) is 61.8 Å². The summed E-state index contributed by atoms with van der Waals surface area (Å²) >= 11 is 0. The topological polar surface area (TPSA) is 40.8 Å². The van der Waals surface area contributed by atoms with Crippen LogP contribution in [0, 0.1) is 0 Å². The van der Waals surface area contributed by atoms with Gasteiger partial charge in [0, 0.05) is 23.8 Å². The standard InChI is InChI=1S/C33H36NO4.ClH/c1-5-6-15-36-33-28-19-34-14-13-24-17-30-31(38-20-37-30)18-26(24)32(34)27(25(28)11-12-29(33)35-4)16-22-7-9-23(10-8-22)21(2)3;/h7-12,17-19,21H,5-6,13-16,20H2,1-4H3;1H/q+1;/p-1. The number of pyridine rings is 1. The minimum Gasteiger partial charge on any atom is -1.00 e. The second-order valence-electron chi connectivity index (χ2n) is 10.6. The lowest BCUT2D eigenvalue weighted by molar-refractivity contribution is -0.686. The number of aryl methyl sites for hydroxylation is 2. The van der Waals surface area contributed by atoms with E-state index in [1.807, 2.05) is 0 Å². The van der Waals surface area contributed by atoms with Crippen LogP contribution in [0.2, 0.25) is 0 Å². The predicted octanol–water partition coefficient (Wildman–Crippen LogP) is 3.98. The van der Waals surface area contributed by atoms with Crippen LogP contribution in [0.25, 0.3) is 22.0 Å². The van der Waals surface area contributed by atoms with Crippen LogP contribution in [-0.2, 0) is 19.4 Å². The molecule has 204 valence electrons. The van der Waals surface area contributed by atoms with Crippen LogP contribution in [0.4, 0.5) is 0 Å². The molecule has 0 amide bonds. The van der Waals surface area contributed by atoms with Crippen molar-refractivity contribution >= 4 is 10.8 Å². The third kappa shape index (κ3) is 5.00. The van der Waals surface area contributed by atoms with Gasteiger partial charge in [0.05, 0.1) is 24.7 Å². The Kier molecular flexibility index (Phi) is 7.90. The van der Waals surface area contributed by atoms with Crippen molar-refractivity contribution < 1.29 is 35.9 Å². The molecule has 0 unspecified atom stereocenters. The normalized spacial score (nSPS) is 13.2. The maximum absolute atomic E-state index is 6.38. The molecule has 5 nitrogen and oxygen atoms in total. The number of methoxy groups -OCH3 is 1. The Morgan fingerprint density at radius 2 is 1.74 bits per heavy atom. The predicted molar refractivity (Wildman–Crippen MR) is 150 cm³/mol. The van der Waals surface area contributed by atoms with E-state index >= 15 is 0 Å². The van der Waals surface area contributed by atoms with E-state index in [9.17, 15) is 0 Å². The fraction of sp³-hybridized carbons (Fsp3) is 0.364. The Balaban J connectivity index is 0.00000308. The summed E-state index contributed by atoms with van der Waals surface area (Å²) in [4.78, 5) is 0. The van der Waals surface area contributed by atoms with Gasteiger partial charge in [0.25, 0.3) is 0 Å². The number of hydrogen-bond acceptors (Lipinski definition) is 4. The monoisotopic (exact) mass is 545 g/mol. The minimum absolute atomic E-state index is 0. The van der Waals surface area contributed by atoms with E-state index in [4.69, 9.17) is 18.9 Å². The fourth-order valence-corrected chi connectivity index (χ4v) is 5.67. The molecule has 0 fully saturated rings. The van der Waals surface area contributed by atoms with Crippen LogP contribution in [0.5, 0.6) is 23.0 Å². The van der Waals surface area contributed by atoms with Gasteiger partial charge in [-0.2, -0.15) is 4.57 Å². The Morgan fingerprint density at radius 3 is 2.46 bits per heavy atom. The molecule has 6 rings (SSSR count). The Morgan fingerprint density at radius 1 is 0.974 bits per heavy atom. The number of halogens is 1. The summed E-state index contributed by atoms with van der Waals surface area (Å²) < 4.78 is 26.0. The molecular weight excluding hydrogens is 510 g/mol. The van der Waals surface area contributed by atoms with E-state index < -0.39 is 0 Å². The van der Waals surface area contributed by atoms with Crippen LogP contribution in [0.15, 0.2) is 54.7 Å². The number of nitrogens with zero attached hydrogens (tertiary/aromatic N) is 1. The van der Waals surface area contributed by atoms with E-state index in [-0.39, 0.29) is 19.2 Å². The SMILES string of the molecule is CCCCOc1c(OC)ccc2c(Cc3ccc(C(C)C)cc3)c3[n+](cc12)CCc1cc2c(cc1-3)OCO2.[Cl-]. The first-order chi connectivity index (χ1) is 18.6. The maximum atomic E-state index is 6.38. The molecule has 6 heteroatoms. The molecule has 0 saturated carbocycles. The Labute approximate surface area is 237 Å². The summed E-state index contributed by atoms with van der Waals surface area (Å²) in [5.41, 5.74) is 7.72. The Hall–Kier alpha value is -3.44. The van der Waals surface area contributed by atoms with Gasteiger partial charge in [-0.3, -0.25) is 0 Å². The summed E-state index contributed by atoms with van der Waals surface area (Å²) in [6.45, 7) is 8.50. The van der Waals surface area contributed by atoms with Crippen molar-refractivity contribution in [2.45, 2.75) is 58.9 Å². The van der Waals surface area contributed by atoms with Gasteiger partial charge in [-0.15, -0.1) is 0 Å². The number of aromatic nitrogens is 1. The van der Waals surface area contributed by atoms with Crippen LogP contribution in [0.3, 0.4) is 0 Å². The zero-order valence-electron chi connectivity index (χ0n) is 23.2. The molecule has 39 heavy (non-hydrogen) atoms. The molecule has 2 aliphatic heterocycles. The third-order valence-corrected chi connectivity index (χ3v) is 7.81. The van der Waals surface area contributed by atoms with Gasteiger partial charge in [-0.25, -0.2) is 0 Å². The van der Waals surface area contributed by atoms with E-state index in [1.165, 1.54) is 38.9 Å². The highest BCUT2D eigenvalue weighted by Gasteiger charge is 2.32. The zero-order valence-corrected chi connectivity index (χ0v) is 23.9. The smallest absolute Gasteiger partial charge is 0.231 e. The van der Waals surface area contributed by atoms with E-state index in [2.05, 4.69) is 80.1 Å². The van der Waals surface area contributed by atoms with Crippen molar-refractivity contribution in [3.63, 3.8) is 0 Å². The van der Waals surface area contributed by atoms with Crippen molar-refractivity contribution in [3.8, 4) is 34.3 Å². The Bertz CT molecular complexity index is 1500. The quantitative estimate of drug-likeness (QED) is 0.248. The van der Waals surface area contributed by atoms with Crippen molar-refractivity contribution in [1.82, 2.24) is 0 Å². The van der Waals surface area contributed by atoms with Gasteiger partial charge in [0.2, 0.25) is 12.5 Å². The molecule has 3 aromatic carbocycles. The van der Waals surface area contributed by atoms with Crippen LogP contribution in [-0.4, -0.2) is 20.5 Å². The summed E-state index contributed by atoms with van der Waals surface area (Å²) in [5.74, 6) is 3.79. The molecule has 3 heterocycles. The molecule has 0 saturated heterocycles. The van der Waals surface area contributed by atoms with Crippen molar-refractivity contribution in [3.05, 3.63) is 77.0 Å². The molecule has 0 bridgehead atoms. The van der Waals surface area contributed by atoms with Crippen molar-refractivity contribution in [2.75, 3.05) is 20.5 Å². The van der Waals surface area contributed by atoms with Gasteiger partial charge < -0.3 is 31.4 Å². The van der Waals surface area contributed by atoms with Crippen molar-refractivity contribution in [1.29, 1.82) is 0 Å². The summed E-state index contributed by atoms with van der Waals surface area (Å²) in [6, 6.07) is 17.7. The van der Waals surface area contributed by atoms with Gasteiger partial charge in [0.15, 0.2) is 35.7 Å². The number of benzene rings is 3. The minimum atomic E-state index is 0. The average Bonchev–Trinajstić information content (AvgIpc) is 3.39. The van der Waals surface area contributed by atoms with Gasteiger partial charge in [0.1, 0.15) is 0 Å². The van der Waals surface area contributed by atoms with E-state index in [0.717, 1.165) is 60.6 Å². The molecular formula is C33H36ClNO4. The lowest BCUT2D eigenvalue weighted by Gasteiger charge is -2.21. The lowest BCUT2D eigenvalue weighted by Crippen LogP contribution is -3.00. The molecule has 2 aliphatic rings. The molecule has 0 atom stereocenters. The van der Waals surface area contributed by atoms with E-state index in [0.29, 0.717) is 12.5 Å². The highest BCUT2D eigenvalue weighted by Crippen LogP contribution is 2.44. The van der Waals surface area contributed by atoms with Gasteiger partial charge >= 0.3 is 0 Å². The number of hydrogen-bond donors (Lipinski definition) is 0.